The van der Waals surface area contributed by atoms with Gasteiger partial charge in [0.25, 0.3) is 0 Å². The van der Waals surface area contributed by atoms with Crippen molar-refractivity contribution in [3.63, 3.8) is 0 Å². The number of para-hydroxylation sites is 1. The molecule has 1 aromatic heterocycles. The summed E-state index contributed by atoms with van der Waals surface area (Å²) < 4.78 is 1.75. The summed E-state index contributed by atoms with van der Waals surface area (Å²) in [6.45, 7) is 8.04. The molecule has 4 nitrogen and oxygen atoms in total. The second kappa shape index (κ2) is 5.51. The molecule has 0 atom stereocenters. The number of amides is 1. The Morgan fingerprint density at radius 3 is 2.65 bits per heavy atom. The topological polar surface area (TPSA) is 28.5 Å². The zero-order chi connectivity index (χ0) is 13.9. The number of benzene rings is 1. The summed E-state index contributed by atoms with van der Waals surface area (Å²) in [7, 11) is 0. The lowest BCUT2D eigenvalue weighted by Gasteiger charge is -2.34. The van der Waals surface area contributed by atoms with Gasteiger partial charge < -0.3 is 4.90 Å². The minimum Gasteiger partial charge on any atom is -0.321 e. The molecule has 2 heterocycles. The Balaban J connectivity index is 1.75. The molecule has 104 valence electrons. The largest absolute Gasteiger partial charge is 0.328 e. The SMILES string of the molecule is C=CCN1CCN(C(=O)n2ccc3ccccc32)CC1. The maximum Gasteiger partial charge on any atom is 0.328 e. The molecule has 0 radical (unpaired) electrons. The Kier molecular flexibility index (Phi) is 3.56. The monoisotopic (exact) mass is 269 g/mol. The van der Waals surface area contributed by atoms with Crippen LogP contribution in [0.25, 0.3) is 10.9 Å². The van der Waals surface area contributed by atoms with Crippen LogP contribution in [0.4, 0.5) is 4.79 Å². The van der Waals surface area contributed by atoms with Crippen molar-refractivity contribution in [3.8, 4) is 0 Å². The van der Waals surface area contributed by atoms with E-state index in [2.05, 4.69) is 11.5 Å². The summed E-state index contributed by atoms with van der Waals surface area (Å²) in [6.07, 6.45) is 3.78. The van der Waals surface area contributed by atoms with Gasteiger partial charge >= 0.3 is 6.03 Å². The van der Waals surface area contributed by atoms with E-state index in [1.165, 1.54) is 0 Å². The maximum absolute atomic E-state index is 12.6. The number of piperazine rings is 1. The van der Waals surface area contributed by atoms with E-state index in [4.69, 9.17) is 0 Å². The van der Waals surface area contributed by atoms with Gasteiger partial charge in [-0.2, -0.15) is 0 Å². The molecule has 1 amide bonds. The summed E-state index contributed by atoms with van der Waals surface area (Å²) in [4.78, 5) is 16.8. The van der Waals surface area contributed by atoms with Crippen molar-refractivity contribution in [3.05, 3.63) is 49.2 Å². The normalized spacial score (nSPS) is 16.5. The van der Waals surface area contributed by atoms with Crippen molar-refractivity contribution in [1.29, 1.82) is 0 Å². The Hall–Kier alpha value is -2.07. The molecule has 20 heavy (non-hydrogen) atoms. The van der Waals surface area contributed by atoms with E-state index in [0.29, 0.717) is 0 Å². The predicted octanol–water partition coefficient (Wildman–Crippen LogP) is 2.41. The van der Waals surface area contributed by atoms with Crippen molar-refractivity contribution < 1.29 is 4.79 Å². The van der Waals surface area contributed by atoms with Gasteiger partial charge in [0.1, 0.15) is 0 Å². The lowest BCUT2D eigenvalue weighted by Crippen LogP contribution is -2.49. The summed E-state index contributed by atoms with van der Waals surface area (Å²) in [6, 6.07) is 10.0. The first-order valence-electron chi connectivity index (χ1n) is 6.98. The van der Waals surface area contributed by atoms with Crippen LogP contribution in [0.1, 0.15) is 0 Å². The van der Waals surface area contributed by atoms with Crippen molar-refractivity contribution in [2.45, 2.75) is 0 Å². The molecule has 1 aliphatic rings. The minimum atomic E-state index is 0.0736. The highest BCUT2D eigenvalue weighted by molar-refractivity contribution is 5.91. The number of nitrogens with zero attached hydrogens (tertiary/aromatic N) is 3. The molecule has 0 spiro atoms. The van der Waals surface area contributed by atoms with Crippen LogP contribution in [0.3, 0.4) is 0 Å². The van der Waals surface area contributed by atoms with E-state index in [1.807, 2.05) is 47.5 Å². The van der Waals surface area contributed by atoms with E-state index in [9.17, 15) is 4.79 Å². The molecule has 2 aromatic rings. The summed E-state index contributed by atoms with van der Waals surface area (Å²) in [5.41, 5.74) is 0.978. The molecule has 1 fully saturated rings. The summed E-state index contributed by atoms with van der Waals surface area (Å²) in [5.74, 6) is 0. The highest BCUT2D eigenvalue weighted by atomic mass is 16.2. The number of rotatable bonds is 2. The number of aromatic nitrogens is 1. The third-order valence-corrected chi connectivity index (χ3v) is 3.84. The average Bonchev–Trinajstić information content (AvgIpc) is 2.92. The Bertz CT molecular complexity index is 623. The average molecular weight is 269 g/mol. The molecular formula is C16H19N3O. The van der Waals surface area contributed by atoms with Gasteiger partial charge in [-0.3, -0.25) is 9.47 Å². The van der Waals surface area contributed by atoms with Crippen LogP contribution in [0, 0.1) is 0 Å². The molecule has 0 N–H and O–H groups in total. The van der Waals surface area contributed by atoms with Gasteiger partial charge in [0.2, 0.25) is 0 Å². The molecule has 3 rings (SSSR count). The van der Waals surface area contributed by atoms with Gasteiger partial charge in [0, 0.05) is 44.3 Å². The minimum absolute atomic E-state index is 0.0736. The fourth-order valence-corrected chi connectivity index (χ4v) is 2.71. The van der Waals surface area contributed by atoms with Gasteiger partial charge in [-0.25, -0.2) is 4.79 Å². The fourth-order valence-electron chi connectivity index (χ4n) is 2.71. The van der Waals surface area contributed by atoms with Crippen LogP contribution >= 0.6 is 0 Å². The Morgan fingerprint density at radius 2 is 1.90 bits per heavy atom. The van der Waals surface area contributed by atoms with Crippen LogP contribution in [0.5, 0.6) is 0 Å². The first-order valence-corrected chi connectivity index (χ1v) is 6.98. The van der Waals surface area contributed by atoms with Crippen LogP contribution in [0.2, 0.25) is 0 Å². The third kappa shape index (κ3) is 2.34. The number of hydrogen-bond acceptors (Lipinski definition) is 2. The van der Waals surface area contributed by atoms with Crippen molar-refractivity contribution >= 4 is 16.9 Å². The zero-order valence-corrected chi connectivity index (χ0v) is 11.5. The van der Waals surface area contributed by atoms with Gasteiger partial charge in [-0.1, -0.05) is 24.3 Å². The van der Waals surface area contributed by atoms with Crippen molar-refractivity contribution in [1.82, 2.24) is 14.4 Å². The second-order valence-corrected chi connectivity index (χ2v) is 5.10. The van der Waals surface area contributed by atoms with Crippen LogP contribution in [-0.4, -0.2) is 53.1 Å². The highest BCUT2D eigenvalue weighted by Gasteiger charge is 2.22. The van der Waals surface area contributed by atoms with Gasteiger partial charge in [0.15, 0.2) is 0 Å². The molecule has 1 saturated heterocycles. The number of carbonyl (C=O) groups is 1. The number of carbonyl (C=O) groups excluding carboxylic acids is 1. The molecule has 4 heteroatoms. The lowest BCUT2D eigenvalue weighted by molar-refractivity contribution is 0.148. The summed E-state index contributed by atoms with van der Waals surface area (Å²) >= 11 is 0. The lowest BCUT2D eigenvalue weighted by atomic mass is 10.2. The molecular weight excluding hydrogens is 250 g/mol. The van der Waals surface area contributed by atoms with Crippen LogP contribution in [-0.2, 0) is 0 Å². The van der Waals surface area contributed by atoms with Gasteiger partial charge in [0.05, 0.1) is 5.52 Å². The van der Waals surface area contributed by atoms with Crippen molar-refractivity contribution in [2.75, 3.05) is 32.7 Å². The van der Waals surface area contributed by atoms with E-state index in [-0.39, 0.29) is 6.03 Å². The smallest absolute Gasteiger partial charge is 0.321 e. The van der Waals surface area contributed by atoms with E-state index in [1.54, 1.807) is 4.57 Å². The highest BCUT2D eigenvalue weighted by Crippen LogP contribution is 2.16. The molecule has 1 aromatic carbocycles. The Labute approximate surface area is 118 Å². The van der Waals surface area contributed by atoms with Gasteiger partial charge in [-0.15, -0.1) is 6.58 Å². The first-order chi connectivity index (χ1) is 9.79. The molecule has 0 aliphatic carbocycles. The van der Waals surface area contributed by atoms with E-state index >= 15 is 0 Å². The van der Waals surface area contributed by atoms with Gasteiger partial charge in [-0.05, 0) is 12.1 Å². The summed E-state index contributed by atoms with van der Waals surface area (Å²) in [5, 5.41) is 1.10. The molecule has 1 aliphatic heterocycles. The molecule has 0 unspecified atom stereocenters. The molecule has 0 saturated carbocycles. The third-order valence-electron chi connectivity index (χ3n) is 3.84. The maximum atomic E-state index is 12.6. The molecule has 0 bridgehead atoms. The number of hydrogen-bond donors (Lipinski definition) is 0. The Morgan fingerprint density at radius 1 is 1.15 bits per heavy atom. The first kappa shape index (κ1) is 12.9. The quantitative estimate of drug-likeness (QED) is 0.783. The predicted molar refractivity (Wildman–Crippen MR) is 80.9 cm³/mol. The number of fused-ring (bicyclic) bond motifs is 1. The van der Waals surface area contributed by atoms with E-state index in [0.717, 1.165) is 43.6 Å². The standard InChI is InChI=1S/C16H19N3O/c1-2-8-17-10-12-18(13-11-17)16(20)19-9-7-14-5-3-4-6-15(14)19/h2-7,9H,1,8,10-13H2. The zero-order valence-electron chi connectivity index (χ0n) is 11.5. The van der Waals surface area contributed by atoms with E-state index < -0.39 is 0 Å². The fraction of sp³-hybridized carbons (Fsp3) is 0.312. The van der Waals surface area contributed by atoms with Crippen LogP contribution in [0.15, 0.2) is 49.2 Å². The second-order valence-electron chi connectivity index (χ2n) is 5.10. The van der Waals surface area contributed by atoms with Crippen LogP contribution < -0.4 is 0 Å². The van der Waals surface area contributed by atoms with Crippen molar-refractivity contribution in [2.24, 2.45) is 0 Å².